The van der Waals surface area contributed by atoms with E-state index in [-0.39, 0.29) is 58.5 Å². The van der Waals surface area contributed by atoms with Crippen LogP contribution < -0.4 is 43.8 Å². The molecule has 0 saturated heterocycles. The third kappa shape index (κ3) is 36.1. The molecule has 3 rings (SSSR count). The van der Waals surface area contributed by atoms with Crippen LogP contribution in [-0.4, -0.2) is 136 Å². The van der Waals surface area contributed by atoms with Gasteiger partial charge < -0.3 is 57.6 Å². The third-order valence-corrected chi connectivity index (χ3v) is 14.9. The number of aromatic nitrogens is 2. The van der Waals surface area contributed by atoms with Gasteiger partial charge >= 0.3 is 18.3 Å². The molecule has 0 bridgehead atoms. The average Bonchev–Trinajstić information content (AvgIpc) is 1.10. The highest BCUT2D eigenvalue weighted by Gasteiger charge is 2.26. The van der Waals surface area contributed by atoms with Crippen molar-refractivity contribution in [1.82, 2.24) is 36.1 Å². The number of anilines is 3. The molecule has 3 aromatic rings. The molecule has 0 aliphatic heterocycles. The molecule has 522 valence electrons. The maximum atomic E-state index is 13.9. The molecule has 0 radical (unpaired) electrons. The number of nitrogens with one attached hydrogen (secondary N) is 5. The quantitative estimate of drug-likeness (QED) is 0.0115. The van der Waals surface area contributed by atoms with Crippen LogP contribution in [0.1, 0.15) is 213 Å². The van der Waals surface area contributed by atoms with Crippen LogP contribution in [0.15, 0.2) is 63.5 Å². The molecule has 1 aromatic heterocycles. The number of nitrogens with zero attached hydrogens (tertiary/aromatic N) is 6. The normalized spacial score (nSPS) is 13.3. The van der Waals surface area contributed by atoms with Gasteiger partial charge in [0.1, 0.15) is 22.8 Å². The van der Waals surface area contributed by atoms with Crippen molar-refractivity contribution < 1.29 is 47.8 Å². The molecule has 94 heavy (non-hydrogen) atoms. The van der Waals surface area contributed by atoms with Gasteiger partial charge in [-0.25, -0.2) is 24.4 Å². The van der Waals surface area contributed by atoms with Crippen molar-refractivity contribution in [3.05, 3.63) is 76.1 Å². The summed E-state index contributed by atoms with van der Waals surface area (Å²) in [5.41, 5.74) is 20.1. The minimum Gasteiger partial charge on any atom is -0.444 e. The lowest BCUT2D eigenvalue weighted by Gasteiger charge is -2.23. The Morgan fingerprint density at radius 1 is 0.574 bits per heavy atom. The Morgan fingerprint density at radius 3 is 1.54 bits per heavy atom. The second-order valence-electron chi connectivity index (χ2n) is 27.1. The van der Waals surface area contributed by atoms with Crippen LogP contribution in [0.2, 0.25) is 5.15 Å². The second-order valence-corrected chi connectivity index (χ2v) is 27.5. The van der Waals surface area contributed by atoms with Crippen LogP contribution in [0.4, 0.5) is 31.7 Å². The lowest BCUT2D eigenvalue weighted by atomic mass is 10.0. The molecular weight excluding hydrogens is 1220 g/mol. The van der Waals surface area contributed by atoms with Crippen LogP contribution in [0.5, 0.6) is 0 Å². The van der Waals surface area contributed by atoms with Gasteiger partial charge in [-0.15, -0.1) is 0 Å². The van der Waals surface area contributed by atoms with Crippen molar-refractivity contribution in [2.45, 2.75) is 228 Å². The molecule has 0 fully saturated rings. The Hall–Kier alpha value is -7.73. The van der Waals surface area contributed by atoms with Gasteiger partial charge in [-0.1, -0.05) is 87.5 Å². The minimum atomic E-state index is -0.957. The number of unbranched alkanes of at least 4 members (excludes halogenated alkanes) is 5. The number of aryl methyl sites for hydroxylation is 2. The number of benzene rings is 2. The van der Waals surface area contributed by atoms with Crippen LogP contribution in [0, 0.1) is 11.8 Å². The van der Waals surface area contributed by atoms with Gasteiger partial charge in [0, 0.05) is 55.0 Å². The van der Waals surface area contributed by atoms with E-state index in [1.165, 1.54) is 0 Å². The molecule has 25 heteroatoms. The summed E-state index contributed by atoms with van der Waals surface area (Å²) in [6.45, 7) is 27.4. The number of carbonyl (C=O) groups is 7. The minimum absolute atomic E-state index is 0.0307. The highest BCUT2D eigenvalue weighted by Crippen LogP contribution is 2.20. The van der Waals surface area contributed by atoms with Crippen LogP contribution in [-0.2, 0) is 47.9 Å². The van der Waals surface area contributed by atoms with Crippen molar-refractivity contribution in [2.75, 3.05) is 56.1 Å². The first-order valence-electron chi connectivity index (χ1n) is 33.1. The molecule has 0 saturated carbocycles. The summed E-state index contributed by atoms with van der Waals surface area (Å²) in [6, 6.07) is 14.5. The van der Waals surface area contributed by atoms with E-state index in [2.05, 4.69) is 56.4 Å². The molecule has 3 atom stereocenters. The number of carbonyl (C=O) groups excluding carboxylic acids is 7. The summed E-state index contributed by atoms with van der Waals surface area (Å²) in [5, 5.41) is 14.3. The fraction of sp³-hybridized carbons (Fsp3) is 0.623. The summed E-state index contributed by atoms with van der Waals surface area (Å²) in [5.74, 6) is -1.73. The van der Waals surface area contributed by atoms with Gasteiger partial charge in [-0.2, -0.15) is 9.98 Å². The Kier molecular flexibility index (Phi) is 35.3. The fourth-order valence-corrected chi connectivity index (χ4v) is 9.80. The van der Waals surface area contributed by atoms with Gasteiger partial charge in [-0.3, -0.25) is 29.5 Å². The van der Waals surface area contributed by atoms with E-state index in [1.54, 1.807) is 20.8 Å². The number of hydrogen-bond acceptors (Lipinski definition) is 16. The summed E-state index contributed by atoms with van der Waals surface area (Å²) in [4.78, 5) is 112. The van der Waals surface area contributed by atoms with Crippen LogP contribution in [0.25, 0.3) is 0 Å². The van der Waals surface area contributed by atoms with E-state index < -0.39 is 52.9 Å². The molecule has 11 N–H and O–H groups in total. The van der Waals surface area contributed by atoms with Gasteiger partial charge in [0.15, 0.2) is 28.4 Å². The number of nitrogens with two attached hydrogens (primary N) is 3. The zero-order valence-electron chi connectivity index (χ0n) is 58.2. The molecule has 2 aromatic carbocycles. The van der Waals surface area contributed by atoms with E-state index in [1.807, 2.05) is 118 Å². The average molecular weight is 1330 g/mol. The number of amides is 7. The summed E-state index contributed by atoms with van der Waals surface area (Å²) >= 11 is 5.89. The molecule has 24 nitrogen and oxygen atoms in total. The highest BCUT2D eigenvalue weighted by atomic mass is 35.5. The number of nitrogen functional groups attached to an aromatic ring is 2. The van der Waals surface area contributed by atoms with E-state index in [0.717, 1.165) is 138 Å². The predicted molar refractivity (Wildman–Crippen MR) is 374 cm³/mol. The number of aliphatic imine (C=N–C) groups is 3. The van der Waals surface area contributed by atoms with Crippen LogP contribution in [0.3, 0.4) is 0 Å². The third-order valence-electron chi connectivity index (χ3n) is 14.6. The number of guanidine groups is 1. The highest BCUT2D eigenvalue weighted by molar-refractivity contribution is 6.31. The Labute approximate surface area is 562 Å². The first-order chi connectivity index (χ1) is 44.1. The molecule has 7 amide bonds. The number of rotatable bonds is 37. The number of ether oxygens (including phenoxy) is 3. The van der Waals surface area contributed by atoms with Gasteiger partial charge in [0.05, 0.1) is 0 Å². The lowest BCUT2D eigenvalue weighted by molar-refractivity contribution is -0.125. The molecule has 0 aliphatic carbocycles. The molecule has 1 heterocycles. The van der Waals surface area contributed by atoms with Crippen molar-refractivity contribution in [1.29, 1.82) is 0 Å². The van der Waals surface area contributed by atoms with Gasteiger partial charge in [0.2, 0.25) is 17.7 Å². The van der Waals surface area contributed by atoms with Crippen molar-refractivity contribution in [3.63, 3.8) is 0 Å². The summed E-state index contributed by atoms with van der Waals surface area (Å²) in [6.07, 6.45) is 11.9. The van der Waals surface area contributed by atoms with E-state index in [9.17, 15) is 33.6 Å². The first kappa shape index (κ1) is 80.5. The Bertz CT molecular complexity index is 2910. The van der Waals surface area contributed by atoms with Crippen molar-refractivity contribution in [3.8, 4) is 0 Å². The maximum absolute atomic E-state index is 13.9. The standard InChI is InChI=1S/C69H109ClN14O10/c1-46(25-16-14-18-27-48(3)77-64(89)92-67(5,6)7)59(85)74-40-23-43-84(44-24-41-75-60(86)47(2)26-17-15-19-28-49(4)78-65(90)93-68(8,9)10)42-22-30-51-35-37-53(38-36-51)79-61(87)54(80-66(91)94-69(11,12)13)45-52-33-31-50(32-34-52)29-20-21-39-76-63(73)83-62(88)55-57(71)82-58(72)56(70)81-55/h31-38,46-47,54H,14-30,39-45H2,1-13H3,(H,74,85)(H,75,86)(H,79,87)(H,80,91)(H4,71,72,82)(H3,73,76,83,88)/t46-,47-,54?/m0/s1. The van der Waals surface area contributed by atoms with Gasteiger partial charge in [-0.05, 0) is 208 Å². The van der Waals surface area contributed by atoms with Crippen LogP contribution >= 0.6 is 11.6 Å². The number of hydrogen-bond donors (Lipinski definition) is 8. The maximum Gasteiger partial charge on any atom is 0.434 e. The fourth-order valence-electron chi connectivity index (χ4n) is 9.68. The van der Waals surface area contributed by atoms with Gasteiger partial charge in [0.25, 0.3) is 5.91 Å². The van der Waals surface area contributed by atoms with E-state index in [4.69, 9.17) is 43.0 Å². The zero-order valence-corrected chi connectivity index (χ0v) is 59.0. The topological polar surface area (TPSA) is 351 Å². The molecule has 0 aliphatic rings. The Balaban J connectivity index is 1.55. The zero-order chi connectivity index (χ0) is 70.0. The molecule has 0 spiro atoms. The lowest BCUT2D eigenvalue weighted by Crippen LogP contribution is -2.47. The van der Waals surface area contributed by atoms with Crippen molar-refractivity contribution in [2.24, 2.45) is 32.5 Å². The SMILES string of the molecule is CC(CCCCC[C@H](C)C(=O)NCCCN(CCCNC(=O)[C@@H](C)CCCCCC(C)=NC(=O)OC(C)(C)C)CCCc1ccc(NC(=O)C(Cc2ccc(CCCCN=C(N)NC(=O)c3nc(Cl)c(N)nc3N)cc2)NC(=O)OC(C)(C)C)cc1)=NC(=O)OC(C)(C)C. The number of alkyl carbamates (subject to hydrolysis) is 1. The monoisotopic (exact) mass is 1330 g/mol. The molecule has 1 unspecified atom stereocenters. The summed E-state index contributed by atoms with van der Waals surface area (Å²) < 4.78 is 16.1. The summed E-state index contributed by atoms with van der Waals surface area (Å²) in [7, 11) is 0. The number of halogens is 1. The predicted octanol–water partition coefficient (Wildman–Crippen LogP) is 11.6. The van der Waals surface area contributed by atoms with E-state index >= 15 is 0 Å². The second kappa shape index (κ2) is 41.2. The smallest absolute Gasteiger partial charge is 0.434 e. The Morgan fingerprint density at radius 2 is 1.04 bits per heavy atom. The van der Waals surface area contributed by atoms with E-state index in [0.29, 0.717) is 44.6 Å². The van der Waals surface area contributed by atoms with Crippen molar-refractivity contribution >= 4 is 88.2 Å². The first-order valence-corrected chi connectivity index (χ1v) is 33.5. The largest absolute Gasteiger partial charge is 0.444 e. The molecular formula is C69H109ClN14O10.